The zero-order valence-electron chi connectivity index (χ0n) is 5.32. The van der Waals surface area contributed by atoms with Crippen LogP contribution in [0.3, 0.4) is 0 Å². The number of hydrogen-bond donors (Lipinski definition) is 0. The quantitative estimate of drug-likeness (QED) is 0.639. The molecule has 1 radical (unpaired) electrons. The van der Waals surface area contributed by atoms with E-state index in [1.807, 2.05) is 0 Å². The van der Waals surface area contributed by atoms with E-state index in [4.69, 9.17) is 27.9 Å². The first-order valence-electron chi connectivity index (χ1n) is 2.65. The van der Waals surface area contributed by atoms with Gasteiger partial charge in [0.2, 0.25) is 0 Å². The van der Waals surface area contributed by atoms with Crippen molar-refractivity contribution >= 4 is 23.2 Å². The van der Waals surface area contributed by atoms with E-state index in [1.54, 1.807) is 19.2 Å². The van der Waals surface area contributed by atoms with Crippen LogP contribution in [0, 0.1) is 6.07 Å². The van der Waals surface area contributed by atoms with Crippen LogP contribution in [0.5, 0.6) is 5.75 Å². The molecule has 0 atom stereocenters. The molecule has 0 aliphatic rings. The minimum Gasteiger partial charge on any atom is -0.497 e. The molecule has 0 heterocycles. The summed E-state index contributed by atoms with van der Waals surface area (Å²) in [7, 11) is 1.56. The van der Waals surface area contributed by atoms with Crippen molar-refractivity contribution in [1.82, 2.24) is 0 Å². The monoisotopic (exact) mass is 175 g/mol. The second-order valence-corrected chi connectivity index (χ2v) is 2.49. The highest BCUT2D eigenvalue weighted by Gasteiger charge is 1.97. The predicted molar refractivity (Wildman–Crippen MR) is 41.9 cm³/mol. The Morgan fingerprint density at radius 1 is 1.50 bits per heavy atom. The Bertz CT molecular complexity index is 235. The summed E-state index contributed by atoms with van der Waals surface area (Å²) in [6.45, 7) is 0. The molecule has 0 spiro atoms. The Morgan fingerprint density at radius 2 is 2.20 bits per heavy atom. The lowest BCUT2D eigenvalue weighted by Crippen LogP contribution is -1.81. The maximum atomic E-state index is 5.65. The molecule has 0 bridgehead atoms. The average molecular weight is 176 g/mol. The SMILES string of the molecule is COc1c[c]c(Cl)c(Cl)c1. The van der Waals surface area contributed by atoms with Crippen molar-refractivity contribution in [3.63, 3.8) is 0 Å². The van der Waals surface area contributed by atoms with Crippen LogP contribution in [0.1, 0.15) is 0 Å². The molecular weight excluding hydrogens is 171 g/mol. The van der Waals surface area contributed by atoms with Gasteiger partial charge in [-0.2, -0.15) is 0 Å². The van der Waals surface area contributed by atoms with Gasteiger partial charge in [0.05, 0.1) is 17.2 Å². The summed E-state index contributed by atoms with van der Waals surface area (Å²) in [6.07, 6.45) is 0. The fourth-order valence-corrected chi connectivity index (χ4v) is 0.822. The van der Waals surface area contributed by atoms with Gasteiger partial charge in [-0.1, -0.05) is 23.2 Å². The first kappa shape index (κ1) is 7.70. The lowest BCUT2D eigenvalue weighted by molar-refractivity contribution is 0.415. The van der Waals surface area contributed by atoms with Gasteiger partial charge < -0.3 is 4.74 Å². The largest absolute Gasteiger partial charge is 0.497 e. The van der Waals surface area contributed by atoms with Crippen LogP contribution in [0.25, 0.3) is 0 Å². The van der Waals surface area contributed by atoms with E-state index in [2.05, 4.69) is 6.07 Å². The lowest BCUT2D eigenvalue weighted by Gasteiger charge is -1.99. The van der Waals surface area contributed by atoms with Gasteiger partial charge in [-0.05, 0) is 6.07 Å². The molecule has 1 nitrogen and oxygen atoms in total. The molecule has 1 aromatic carbocycles. The smallest absolute Gasteiger partial charge is 0.121 e. The van der Waals surface area contributed by atoms with Gasteiger partial charge in [0.15, 0.2) is 0 Å². The average Bonchev–Trinajstić information content (AvgIpc) is 1.95. The van der Waals surface area contributed by atoms with Crippen LogP contribution >= 0.6 is 23.2 Å². The van der Waals surface area contributed by atoms with Gasteiger partial charge in [-0.15, -0.1) is 0 Å². The molecule has 0 aliphatic heterocycles. The van der Waals surface area contributed by atoms with Crippen molar-refractivity contribution in [2.45, 2.75) is 0 Å². The van der Waals surface area contributed by atoms with Crippen molar-refractivity contribution in [2.24, 2.45) is 0 Å². The Labute approximate surface area is 69.5 Å². The first-order valence-corrected chi connectivity index (χ1v) is 3.40. The number of ether oxygens (including phenoxy) is 1. The molecule has 3 heteroatoms. The highest BCUT2D eigenvalue weighted by atomic mass is 35.5. The number of hydrogen-bond acceptors (Lipinski definition) is 1. The van der Waals surface area contributed by atoms with Gasteiger partial charge in [0.25, 0.3) is 0 Å². The molecule has 0 saturated heterocycles. The molecule has 1 aromatic rings. The minimum atomic E-state index is 0.419. The summed E-state index contributed by atoms with van der Waals surface area (Å²) >= 11 is 11.2. The van der Waals surface area contributed by atoms with Crippen molar-refractivity contribution in [2.75, 3.05) is 7.11 Å². The molecule has 0 amide bonds. The Kier molecular flexibility index (Phi) is 2.41. The summed E-state index contributed by atoms with van der Waals surface area (Å²) < 4.78 is 4.88. The molecule has 0 fully saturated rings. The van der Waals surface area contributed by atoms with Crippen LogP contribution in [0.2, 0.25) is 10.0 Å². The highest BCUT2D eigenvalue weighted by Crippen LogP contribution is 2.25. The second-order valence-electron chi connectivity index (χ2n) is 1.70. The van der Waals surface area contributed by atoms with Crippen molar-refractivity contribution in [1.29, 1.82) is 0 Å². The predicted octanol–water partition coefficient (Wildman–Crippen LogP) is 2.80. The highest BCUT2D eigenvalue weighted by molar-refractivity contribution is 6.41. The third-order valence-electron chi connectivity index (χ3n) is 1.06. The van der Waals surface area contributed by atoms with Crippen LogP contribution in [-0.2, 0) is 0 Å². The molecule has 10 heavy (non-hydrogen) atoms. The van der Waals surface area contributed by atoms with Crippen molar-refractivity contribution in [3.8, 4) is 5.75 Å². The molecule has 0 aromatic heterocycles. The van der Waals surface area contributed by atoms with E-state index in [9.17, 15) is 0 Å². The summed E-state index contributed by atoms with van der Waals surface area (Å²) in [5, 5.41) is 0.878. The van der Waals surface area contributed by atoms with Gasteiger partial charge in [0.1, 0.15) is 5.75 Å². The Hall–Kier alpha value is -0.400. The van der Waals surface area contributed by atoms with Gasteiger partial charge >= 0.3 is 0 Å². The Morgan fingerprint density at radius 3 is 2.70 bits per heavy atom. The van der Waals surface area contributed by atoms with E-state index < -0.39 is 0 Å². The molecule has 1 rings (SSSR count). The van der Waals surface area contributed by atoms with Gasteiger partial charge in [-0.3, -0.25) is 0 Å². The van der Waals surface area contributed by atoms with Crippen LogP contribution in [-0.4, -0.2) is 7.11 Å². The lowest BCUT2D eigenvalue weighted by atomic mass is 10.3. The van der Waals surface area contributed by atoms with Crippen LogP contribution in [0.4, 0.5) is 0 Å². The summed E-state index contributed by atoms with van der Waals surface area (Å²) in [4.78, 5) is 0. The number of benzene rings is 1. The third-order valence-corrected chi connectivity index (χ3v) is 1.76. The van der Waals surface area contributed by atoms with Crippen molar-refractivity contribution in [3.05, 3.63) is 28.2 Å². The number of rotatable bonds is 1. The summed E-state index contributed by atoms with van der Waals surface area (Å²) in [5.41, 5.74) is 0. The standard InChI is InChI=1S/C7H5Cl2O/c1-10-5-2-3-6(8)7(9)4-5/h2,4H,1H3. The van der Waals surface area contributed by atoms with Crippen molar-refractivity contribution < 1.29 is 4.74 Å². The molecule has 0 unspecified atom stereocenters. The van der Waals surface area contributed by atoms with E-state index in [0.717, 1.165) is 0 Å². The molecule has 0 aliphatic carbocycles. The molecule has 53 valence electrons. The second kappa shape index (κ2) is 3.13. The number of halogens is 2. The normalized spacial score (nSPS) is 9.50. The Balaban J connectivity index is 3.04. The maximum absolute atomic E-state index is 5.65. The zero-order chi connectivity index (χ0) is 7.56. The van der Waals surface area contributed by atoms with E-state index >= 15 is 0 Å². The van der Waals surface area contributed by atoms with Gasteiger partial charge in [0, 0.05) is 12.1 Å². The van der Waals surface area contributed by atoms with Crippen LogP contribution in [0.15, 0.2) is 12.1 Å². The fourth-order valence-electron chi connectivity index (χ4n) is 0.551. The topological polar surface area (TPSA) is 9.23 Å². The van der Waals surface area contributed by atoms with E-state index in [1.165, 1.54) is 0 Å². The van der Waals surface area contributed by atoms with E-state index in [-0.39, 0.29) is 0 Å². The molecular formula is C7H5Cl2O. The maximum Gasteiger partial charge on any atom is 0.121 e. The summed E-state index contributed by atoms with van der Waals surface area (Å²) in [5.74, 6) is 0.661. The van der Waals surface area contributed by atoms with Gasteiger partial charge in [-0.25, -0.2) is 0 Å². The first-order chi connectivity index (χ1) is 4.74. The molecule has 0 N–H and O–H groups in total. The fraction of sp³-hybridized carbons (Fsp3) is 0.143. The van der Waals surface area contributed by atoms with Crippen LogP contribution < -0.4 is 4.74 Å². The number of methoxy groups -OCH3 is 1. The van der Waals surface area contributed by atoms with E-state index in [0.29, 0.717) is 15.8 Å². The minimum absolute atomic E-state index is 0.419. The third kappa shape index (κ3) is 1.55. The molecule has 0 saturated carbocycles. The summed E-state index contributed by atoms with van der Waals surface area (Å²) in [6, 6.07) is 6.00. The zero-order valence-corrected chi connectivity index (χ0v) is 6.83.